The van der Waals surface area contributed by atoms with E-state index >= 15 is 0 Å². The van der Waals surface area contributed by atoms with Crippen LogP contribution in [0.15, 0.2) is 22.7 Å². The quantitative estimate of drug-likeness (QED) is 0.920. The first kappa shape index (κ1) is 13.0. The Labute approximate surface area is 110 Å². The lowest BCUT2D eigenvalue weighted by Gasteiger charge is -2.19. The van der Waals surface area contributed by atoms with Crippen LogP contribution in [0.25, 0.3) is 0 Å². The van der Waals surface area contributed by atoms with Gasteiger partial charge in [-0.15, -0.1) is 0 Å². The van der Waals surface area contributed by atoms with Gasteiger partial charge >= 0.3 is 0 Å². The molecule has 0 bridgehead atoms. The Morgan fingerprint density at radius 2 is 2.35 bits per heavy atom. The van der Waals surface area contributed by atoms with Gasteiger partial charge in [0.1, 0.15) is 5.82 Å². The van der Waals surface area contributed by atoms with Crippen molar-refractivity contribution in [2.45, 2.75) is 25.4 Å². The maximum absolute atomic E-state index is 13.1. The normalized spacial score (nSPS) is 21.0. The molecule has 2 nitrogen and oxygen atoms in total. The molecule has 1 aliphatic rings. The molecular formula is C13H18BrFN2. The summed E-state index contributed by atoms with van der Waals surface area (Å²) in [6.45, 7) is 2.87. The lowest BCUT2D eigenvalue weighted by molar-refractivity contribution is 0.300. The van der Waals surface area contributed by atoms with Crippen molar-refractivity contribution in [3.8, 4) is 0 Å². The van der Waals surface area contributed by atoms with Crippen LogP contribution in [-0.4, -0.2) is 31.1 Å². The summed E-state index contributed by atoms with van der Waals surface area (Å²) in [5, 5.41) is 3.40. The average Bonchev–Trinajstić information content (AvgIpc) is 2.70. The first-order valence-electron chi connectivity index (χ1n) is 6.01. The first-order chi connectivity index (χ1) is 8.16. The number of likely N-dealkylation sites (N-methyl/N-ethyl adjacent to an activating group) is 1. The lowest BCUT2D eigenvalue weighted by atomic mass is 10.2. The Bertz CT molecular complexity index is 384. The van der Waals surface area contributed by atoms with E-state index in [0.717, 1.165) is 16.6 Å². The van der Waals surface area contributed by atoms with Crippen LogP contribution < -0.4 is 5.32 Å². The molecule has 4 heteroatoms. The molecule has 0 aliphatic carbocycles. The van der Waals surface area contributed by atoms with E-state index in [1.165, 1.54) is 25.5 Å². The lowest BCUT2D eigenvalue weighted by Crippen LogP contribution is -2.35. The van der Waals surface area contributed by atoms with E-state index in [2.05, 4.69) is 33.2 Å². The number of likely N-dealkylation sites (tertiary alicyclic amines) is 1. The number of hydrogen-bond acceptors (Lipinski definition) is 2. The minimum absolute atomic E-state index is 0.178. The molecule has 1 atom stereocenters. The zero-order valence-corrected chi connectivity index (χ0v) is 11.6. The standard InChI is InChI=1S/C13H18BrFN2/c1-17-6-2-3-12(17)9-16-8-10-7-11(15)4-5-13(10)14/h4-5,7,12,16H,2-3,6,8-9H2,1H3. The summed E-state index contributed by atoms with van der Waals surface area (Å²) in [6.07, 6.45) is 2.54. The third kappa shape index (κ3) is 3.50. The summed E-state index contributed by atoms with van der Waals surface area (Å²) < 4.78 is 14.0. The van der Waals surface area contributed by atoms with Gasteiger partial charge in [0.2, 0.25) is 0 Å². The van der Waals surface area contributed by atoms with Crippen molar-refractivity contribution < 1.29 is 4.39 Å². The molecule has 2 rings (SSSR count). The van der Waals surface area contributed by atoms with Crippen molar-refractivity contribution in [2.24, 2.45) is 0 Å². The van der Waals surface area contributed by atoms with Gasteiger partial charge in [-0.2, -0.15) is 0 Å². The minimum Gasteiger partial charge on any atom is -0.311 e. The van der Waals surface area contributed by atoms with Gasteiger partial charge < -0.3 is 10.2 Å². The topological polar surface area (TPSA) is 15.3 Å². The maximum atomic E-state index is 13.1. The second-order valence-electron chi connectivity index (χ2n) is 4.64. The highest BCUT2D eigenvalue weighted by atomic mass is 79.9. The van der Waals surface area contributed by atoms with Gasteiger partial charge in [0.05, 0.1) is 0 Å². The fraction of sp³-hybridized carbons (Fsp3) is 0.538. The zero-order valence-electron chi connectivity index (χ0n) is 10.0. The molecule has 17 heavy (non-hydrogen) atoms. The zero-order chi connectivity index (χ0) is 12.3. The molecule has 1 fully saturated rings. The molecule has 0 amide bonds. The van der Waals surface area contributed by atoms with Crippen molar-refractivity contribution in [1.82, 2.24) is 10.2 Å². The fourth-order valence-corrected chi connectivity index (χ4v) is 2.68. The van der Waals surface area contributed by atoms with Crippen LogP contribution in [0.5, 0.6) is 0 Å². The maximum Gasteiger partial charge on any atom is 0.123 e. The summed E-state index contributed by atoms with van der Waals surface area (Å²) in [5.74, 6) is -0.178. The van der Waals surface area contributed by atoms with Gasteiger partial charge in [0.15, 0.2) is 0 Å². The van der Waals surface area contributed by atoms with Crippen LogP contribution >= 0.6 is 15.9 Å². The van der Waals surface area contributed by atoms with Gasteiger partial charge in [-0.3, -0.25) is 0 Å². The van der Waals surface area contributed by atoms with Crippen LogP contribution in [0, 0.1) is 5.82 Å². The van der Waals surface area contributed by atoms with E-state index in [9.17, 15) is 4.39 Å². The Hall–Kier alpha value is -0.450. The molecule has 0 spiro atoms. The predicted octanol–water partition coefficient (Wildman–Crippen LogP) is 2.77. The molecule has 1 aliphatic heterocycles. The second-order valence-corrected chi connectivity index (χ2v) is 5.50. The van der Waals surface area contributed by atoms with Gasteiger partial charge in [-0.25, -0.2) is 4.39 Å². The fourth-order valence-electron chi connectivity index (χ4n) is 2.29. The van der Waals surface area contributed by atoms with E-state index in [-0.39, 0.29) is 5.82 Å². The summed E-state index contributed by atoms with van der Waals surface area (Å²) >= 11 is 3.44. The molecule has 0 radical (unpaired) electrons. The number of halogens is 2. The first-order valence-corrected chi connectivity index (χ1v) is 6.81. The van der Waals surface area contributed by atoms with Gasteiger partial charge in [0, 0.05) is 23.6 Å². The highest BCUT2D eigenvalue weighted by Gasteiger charge is 2.19. The van der Waals surface area contributed by atoms with E-state index < -0.39 is 0 Å². The largest absolute Gasteiger partial charge is 0.311 e. The average molecular weight is 301 g/mol. The molecule has 1 aromatic carbocycles. The van der Waals surface area contributed by atoms with Crippen molar-refractivity contribution in [2.75, 3.05) is 20.1 Å². The van der Waals surface area contributed by atoms with Crippen LogP contribution in [0.3, 0.4) is 0 Å². The van der Waals surface area contributed by atoms with Crippen LogP contribution in [0.4, 0.5) is 4.39 Å². The molecule has 0 saturated carbocycles. The van der Waals surface area contributed by atoms with E-state index in [0.29, 0.717) is 12.6 Å². The SMILES string of the molecule is CN1CCCC1CNCc1cc(F)ccc1Br. The molecule has 1 saturated heterocycles. The molecule has 1 unspecified atom stereocenters. The predicted molar refractivity (Wildman–Crippen MR) is 71.5 cm³/mol. The smallest absolute Gasteiger partial charge is 0.123 e. The molecule has 1 N–H and O–H groups in total. The van der Waals surface area contributed by atoms with E-state index in [1.807, 2.05) is 0 Å². The van der Waals surface area contributed by atoms with Gasteiger partial charge in [0.25, 0.3) is 0 Å². The number of hydrogen-bond donors (Lipinski definition) is 1. The Morgan fingerprint density at radius 1 is 1.53 bits per heavy atom. The minimum atomic E-state index is -0.178. The van der Waals surface area contributed by atoms with Crippen molar-refractivity contribution in [1.29, 1.82) is 0 Å². The Kier molecular flexibility index (Phi) is 4.54. The van der Waals surface area contributed by atoms with Crippen molar-refractivity contribution in [3.05, 3.63) is 34.1 Å². The summed E-state index contributed by atoms with van der Waals surface area (Å²) in [7, 11) is 2.16. The van der Waals surface area contributed by atoms with Crippen molar-refractivity contribution in [3.63, 3.8) is 0 Å². The number of benzene rings is 1. The summed E-state index contributed by atoms with van der Waals surface area (Å²) in [5.41, 5.74) is 0.977. The van der Waals surface area contributed by atoms with Crippen LogP contribution in [0.2, 0.25) is 0 Å². The monoisotopic (exact) mass is 300 g/mol. The Morgan fingerprint density at radius 3 is 3.06 bits per heavy atom. The second kappa shape index (κ2) is 5.94. The van der Waals surface area contributed by atoms with Crippen LogP contribution in [-0.2, 0) is 6.54 Å². The highest BCUT2D eigenvalue weighted by Crippen LogP contribution is 2.18. The molecule has 94 valence electrons. The van der Waals surface area contributed by atoms with E-state index in [4.69, 9.17) is 0 Å². The third-order valence-corrected chi connectivity index (χ3v) is 4.15. The number of nitrogens with zero attached hydrogens (tertiary/aromatic N) is 1. The Balaban J connectivity index is 1.83. The molecule has 0 aromatic heterocycles. The summed E-state index contributed by atoms with van der Waals surface area (Å²) in [4.78, 5) is 2.38. The van der Waals surface area contributed by atoms with Gasteiger partial charge in [-0.05, 0) is 50.2 Å². The van der Waals surface area contributed by atoms with E-state index in [1.54, 1.807) is 12.1 Å². The number of rotatable bonds is 4. The highest BCUT2D eigenvalue weighted by molar-refractivity contribution is 9.10. The van der Waals surface area contributed by atoms with Crippen LogP contribution in [0.1, 0.15) is 18.4 Å². The molecule has 1 heterocycles. The number of nitrogens with one attached hydrogen (secondary N) is 1. The molecule has 1 aromatic rings. The van der Waals surface area contributed by atoms with Crippen molar-refractivity contribution >= 4 is 15.9 Å². The molecular weight excluding hydrogens is 283 g/mol. The summed E-state index contributed by atoms with van der Waals surface area (Å²) in [6, 6.07) is 5.43. The van der Waals surface area contributed by atoms with Gasteiger partial charge in [-0.1, -0.05) is 15.9 Å². The third-order valence-electron chi connectivity index (χ3n) is 3.37.